The fraction of sp³-hybridized carbons (Fsp3) is 0.667. The summed E-state index contributed by atoms with van der Waals surface area (Å²) in [5, 5.41) is 3.20. The predicted molar refractivity (Wildman–Crippen MR) is 65.2 cm³/mol. The lowest BCUT2D eigenvalue weighted by molar-refractivity contribution is 0.208. The van der Waals surface area contributed by atoms with E-state index in [1.807, 2.05) is 0 Å². The molecule has 0 amide bonds. The van der Waals surface area contributed by atoms with Gasteiger partial charge in [-0.3, -0.25) is 4.79 Å². The van der Waals surface area contributed by atoms with Gasteiger partial charge in [0.1, 0.15) is 6.10 Å². The van der Waals surface area contributed by atoms with Crippen molar-refractivity contribution in [3.8, 4) is 5.88 Å². The molecule has 0 saturated carbocycles. The van der Waals surface area contributed by atoms with Crippen LogP contribution in [-0.4, -0.2) is 28.7 Å². The summed E-state index contributed by atoms with van der Waals surface area (Å²) in [7, 11) is 0. The first kappa shape index (κ1) is 12.1. The zero-order chi connectivity index (χ0) is 12.3. The van der Waals surface area contributed by atoms with Gasteiger partial charge in [0.25, 0.3) is 5.88 Å². The van der Waals surface area contributed by atoms with Gasteiger partial charge in [-0.1, -0.05) is 13.8 Å². The Morgan fingerprint density at radius 3 is 3.12 bits per heavy atom. The van der Waals surface area contributed by atoms with Gasteiger partial charge in [0.2, 0.25) is 0 Å². The van der Waals surface area contributed by atoms with Crippen molar-refractivity contribution in [1.82, 2.24) is 14.9 Å². The largest absolute Gasteiger partial charge is 0.469 e. The smallest absolute Gasteiger partial charge is 0.313 e. The van der Waals surface area contributed by atoms with E-state index in [4.69, 9.17) is 4.74 Å². The molecule has 0 bridgehead atoms. The van der Waals surface area contributed by atoms with Crippen molar-refractivity contribution in [2.75, 3.05) is 13.1 Å². The summed E-state index contributed by atoms with van der Waals surface area (Å²) in [4.78, 5) is 16.1. The van der Waals surface area contributed by atoms with Crippen molar-refractivity contribution in [3.05, 3.63) is 22.7 Å². The lowest BCUT2D eigenvalue weighted by Crippen LogP contribution is -2.28. The molecule has 0 aliphatic carbocycles. The molecule has 1 fully saturated rings. The van der Waals surface area contributed by atoms with Gasteiger partial charge in [-0.05, 0) is 18.9 Å². The fourth-order valence-electron chi connectivity index (χ4n) is 1.93. The summed E-state index contributed by atoms with van der Waals surface area (Å²) in [6.07, 6.45) is 4.34. The average molecular weight is 237 g/mol. The lowest BCUT2D eigenvalue weighted by atomic mass is 10.2. The minimum absolute atomic E-state index is 0.0742. The van der Waals surface area contributed by atoms with E-state index in [1.54, 1.807) is 17.0 Å². The molecule has 5 heteroatoms. The molecule has 1 aliphatic rings. The molecule has 1 saturated heterocycles. The summed E-state index contributed by atoms with van der Waals surface area (Å²) >= 11 is 0. The zero-order valence-electron chi connectivity index (χ0n) is 10.3. The Morgan fingerprint density at radius 2 is 2.47 bits per heavy atom. The molecule has 2 rings (SSSR count). The van der Waals surface area contributed by atoms with Crippen LogP contribution in [0.4, 0.5) is 0 Å². The van der Waals surface area contributed by atoms with Gasteiger partial charge in [-0.2, -0.15) is 0 Å². The quantitative estimate of drug-likeness (QED) is 0.835. The van der Waals surface area contributed by atoms with Crippen LogP contribution < -0.4 is 15.6 Å². The molecule has 17 heavy (non-hydrogen) atoms. The van der Waals surface area contributed by atoms with E-state index in [2.05, 4.69) is 24.1 Å². The summed E-state index contributed by atoms with van der Waals surface area (Å²) in [6.45, 7) is 6.58. The van der Waals surface area contributed by atoms with E-state index in [9.17, 15) is 4.79 Å². The van der Waals surface area contributed by atoms with E-state index in [1.165, 1.54) is 0 Å². The molecular weight excluding hydrogens is 218 g/mol. The first-order chi connectivity index (χ1) is 8.16. The summed E-state index contributed by atoms with van der Waals surface area (Å²) < 4.78 is 7.28. The molecule has 1 aromatic heterocycles. The van der Waals surface area contributed by atoms with E-state index in [0.29, 0.717) is 12.5 Å². The van der Waals surface area contributed by atoms with Gasteiger partial charge in [0, 0.05) is 25.5 Å². The maximum atomic E-state index is 12.0. The number of aromatic nitrogens is 2. The monoisotopic (exact) mass is 237 g/mol. The maximum absolute atomic E-state index is 12.0. The molecule has 0 aromatic carbocycles. The van der Waals surface area contributed by atoms with E-state index >= 15 is 0 Å². The molecule has 0 spiro atoms. The third kappa shape index (κ3) is 3.06. The predicted octanol–water partition coefficient (Wildman–Crippen LogP) is 0.640. The Balaban J connectivity index is 2.13. The van der Waals surface area contributed by atoms with Gasteiger partial charge < -0.3 is 14.6 Å². The Bertz CT molecular complexity index is 422. The molecule has 1 N–H and O–H groups in total. The second-order valence-corrected chi connectivity index (χ2v) is 4.82. The van der Waals surface area contributed by atoms with Crippen LogP contribution in [0.2, 0.25) is 0 Å². The highest BCUT2D eigenvalue weighted by molar-refractivity contribution is 5.05. The number of rotatable bonds is 4. The fourth-order valence-corrected chi connectivity index (χ4v) is 1.93. The summed E-state index contributed by atoms with van der Waals surface area (Å²) in [6, 6.07) is 0. The van der Waals surface area contributed by atoms with Crippen LogP contribution in [0.15, 0.2) is 17.2 Å². The number of hydrogen-bond donors (Lipinski definition) is 1. The molecule has 1 aromatic rings. The number of nitrogens with zero attached hydrogens (tertiary/aromatic N) is 2. The first-order valence-electron chi connectivity index (χ1n) is 6.09. The Kier molecular flexibility index (Phi) is 3.78. The SMILES string of the molecule is CC(C)Cn1ccnc(OC2CCNC2)c1=O. The molecule has 5 nitrogen and oxygen atoms in total. The third-order valence-corrected chi connectivity index (χ3v) is 2.74. The maximum Gasteiger partial charge on any atom is 0.313 e. The first-order valence-corrected chi connectivity index (χ1v) is 6.09. The second kappa shape index (κ2) is 5.31. The van der Waals surface area contributed by atoms with E-state index < -0.39 is 0 Å². The van der Waals surface area contributed by atoms with Gasteiger partial charge in [0.15, 0.2) is 0 Å². The molecule has 2 heterocycles. The summed E-state index contributed by atoms with van der Waals surface area (Å²) in [5.74, 6) is 0.651. The van der Waals surface area contributed by atoms with Crippen LogP contribution in [0.3, 0.4) is 0 Å². The van der Waals surface area contributed by atoms with Crippen LogP contribution in [0, 0.1) is 5.92 Å². The van der Waals surface area contributed by atoms with Crippen molar-refractivity contribution in [1.29, 1.82) is 0 Å². The van der Waals surface area contributed by atoms with Gasteiger partial charge in [-0.15, -0.1) is 0 Å². The van der Waals surface area contributed by atoms with Crippen molar-refractivity contribution in [3.63, 3.8) is 0 Å². The van der Waals surface area contributed by atoms with Crippen LogP contribution in [0.5, 0.6) is 5.88 Å². The molecule has 1 unspecified atom stereocenters. The number of hydrogen-bond acceptors (Lipinski definition) is 4. The van der Waals surface area contributed by atoms with Gasteiger partial charge in [-0.25, -0.2) is 4.98 Å². The zero-order valence-corrected chi connectivity index (χ0v) is 10.3. The highest BCUT2D eigenvalue weighted by Crippen LogP contribution is 2.07. The summed E-state index contributed by atoms with van der Waals surface area (Å²) in [5.41, 5.74) is -0.131. The Hall–Kier alpha value is -1.36. The van der Waals surface area contributed by atoms with Crippen molar-refractivity contribution in [2.24, 2.45) is 5.92 Å². The molecular formula is C12H19N3O2. The lowest BCUT2D eigenvalue weighted by Gasteiger charge is -2.13. The van der Waals surface area contributed by atoms with Crippen LogP contribution in [0.25, 0.3) is 0 Å². The Morgan fingerprint density at radius 1 is 1.65 bits per heavy atom. The van der Waals surface area contributed by atoms with Crippen molar-refractivity contribution < 1.29 is 4.74 Å². The van der Waals surface area contributed by atoms with Crippen molar-refractivity contribution in [2.45, 2.75) is 32.9 Å². The highest BCUT2D eigenvalue weighted by atomic mass is 16.5. The van der Waals surface area contributed by atoms with Gasteiger partial charge >= 0.3 is 5.56 Å². The molecule has 0 radical (unpaired) electrons. The normalized spacial score (nSPS) is 19.8. The molecule has 1 atom stereocenters. The standard InChI is InChI=1S/C12H19N3O2/c1-9(2)8-15-6-5-14-11(12(15)16)17-10-3-4-13-7-10/h5-6,9-10,13H,3-4,7-8H2,1-2H3. The van der Waals surface area contributed by atoms with E-state index in [0.717, 1.165) is 19.5 Å². The second-order valence-electron chi connectivity index (χ2n) is 4.82. The van der Waals surface area contributed by atoms with Gasteiger partial charge in [0.05, 0.1) is 0 Å². The highest BCUT2D eigenvalue weighted by Gasteiger charge is 2.18. The topological polar surface area (TPSA) is 56.1 Å². The van der Waals surface area contributed by atoms with E-state index in [-0.39, 0.29) is 17.5 Å². The average Bonchev–Trinajstić information content (AvgIpc) is 2.76. The number of ether oxygens (including phenoxy) is 1. The third-order valence-electron chi connectivity index (χ3n) is 2.74. The number of nitrogens with one attached hydrogen (secondary N) is 1. The Labute approximate surface area is 101 Å². The van der Waals surface area contributed by atoms with Crippen LogP contribution in [-0.2, 0) is 6.54 Å². The van der Waals surface area contributed by atoms with Crippen LogP contribution >= 0.6 is 0 Å². The van der Waals surface area contributed by atoms with Crippen molar-refractivity contribution >= 4 is 0 Å². The van der Waals surface area contributed by atoms with Crippen LogP contribution in [0.1, 0.15) is 20.3 Å². The molecule has 1 aliphatic heterocycles. The minimum Gasteiger partial charge on any atom is -0.469 e. The minimum atomic E-state index is -0.131. The molecule has 94 valence electrons.